The molecule has 0 spiro atoms. The highest BCUT2D eigenvalue weighted by molar-refractivity contribution is 7.99. The number of hydrogen-bond acceptors (Lipinski definition) is 6. The van der Waals surface area contributed by atoms with Gasteiger partial charge in [-0.25, -0.2) is 0 Å². The molecule has 1 N–H and O–H groups in total. The third-order valence-corrected chi connectivity index (χ3v) is 5.63. The molecular formula is C24H22N4O3S. The van der Waals surface area contributed by atoms with Crippen LogP contribution in [0.5, 0.6) is 11.5 Å². The van der Waals surface area contributed by atoms with Gasteiger partial charge in [-0.15, -0.1) is 10.2 Å². The van der Waals surface area contributed by atoms with Crippen molar-refractivity contribution in [2.75, 3.05) is 25.3 Å². The number of ether oxygens (including phenoxy) is 2. The maximum atomic E-state index is 12.5. The molecule has 7 nitrogen and oxygen atoms in total. The Labute approximate surface area is 190 Å². The third kappa shape index (κ3) is 4.76. The molecule has 0 aliphatic rings. The fourth-order valence-corrected chi connectivity index (χ4v) is 3.92. The van der Waals surface area contributed by atoms with Crippen molar-refractivity contribution in [1.82, 2.24) is 14.8 Å². The van der Waals surface area contributed by atoms with Crippen LogP contribution in [-0.2, 0) is 4.79 Å². The molecule has 0 radical (unpaired) electrons. The monoisotopic (exact) mass is 446 g/mol. The summed E-state index contributed by atoms with van der Waals surface area (Å²) in [6.07, 6.45) is 0. The minimum Gasteiger partial charge on any atom is -0.497 e. The zero-order valence-electron chi connectivity index (χ0n) is 17.7. The molecular weight excluding hydrogens is 424 g/mol. The number of anilines is 1. The van der Waals surface area contributed by atoms with Gasteiger partial charge in [-0.3, -0.25) is 9.36 Å². The van der Waals surface area contributed by atoms with Crippen molar-refractivity contribution >= 4 is 23.4 Å². The van der Waals surface area contributed by atoms with Gasteiger partial charge >= 0.3 is 0 Å². The average Bonchev–Trinajstić information content (AvgIpc) is 3.27. The van der Waals surface area contributed by atoms with Crippen molar-refractivity contribution < 1.29 is 14.3 Å². The van der Waals surface area contributed by atoms with E-state index in [1.165, 1.54) is 11.8 Å². The molecule has 3 aromatic carbocycles. The number of carbonyl (C=O) groups is 1. The van der Waals surface area contributed by atoms with Crippen LogP contribution in [0.1, 0.15) is 0 Å². The molecule has 0 saturated heterocycles. The molecule has 1 aromatic heterocycles. The maximum Gasteiger partial charge on any atom is 0.234 e. The summed E-state index contributed by atoms with van der Waals surface area (Å²) < 4.78 is 12.6. The Morgan fingerprint density at radius 3 is 2.34 bits per heavy atom. The van der Waals surface area contributed by atoms with Crippen LogP contribution in [0.4, 0.5) is 5.69 Å². The van der Waals surface area contributed by atoms with E-state index in [1.807, 2.05) is 59.2 Å². The van der Waals surface area contributed by atoms with Gasteiger partial charge in [-0.2, -0.15) is 0 Å². The lowest BCUT2D eigenvalue weighted by molar-refractivity contribution is -0.113. The minimum absolute atomic E-state index is 0.143. The second-order valence-electron chi connectivity index (χ2n) is 6.74. The predicted octanol–water partition coefficient (Wildman–Crippen LogP) is 4.68. The zero-order valence-corrected chi connectivity index (χ0v) is 18.5. The molecule has 0 fully saturated rings. The van der Waals surface area contributed by atoms with Gasteiger partial charge in [0.1, 0.15) is 11.5 Å². The first kappa shape index (κ1) is 21.5. The van der Waals surface area contributed by atoms with Crippen LogP contribution >= 0.6 is 11.8 Å². The molecule has 0 saturated carbocycles. The van der Waals surface area contributed by atoms with E-state index in [0.717, 1.165) is 17.0 Å². The molecule has 0 bridgehead atoms. The van der Waals surface area contributed by atoms with Crippen molar-refractivity contribution in [3.63, 3.8) is 0 Å². The van der Waals surface area contributed by atoms with Crippen LogP contribution in [0.15, 0.2) is 84.0 Å². The Morgan fingerprint density at radius 1 is 0.906 bits per heavy atom. The number of thioether (sulfide) groups is 1. The van der Waals surface area contributed by atoms with Gasteiger partial charge in [0.05, 0.1) is 25.7 Å². The number of nitrogens with zero attached hydrogens (tertiary/aromatic N) is 3. The van der Waals surface area contributed by atoms with E-state index >= 15 is 0 Å². The number of carbonyl (C=O) groups excluding carboxylic acids is 1. The molecule has 1 amide bonds. The van der Waals surface area contributed by atoms with Gasteiger partial charge in [0, 0.05) is 11.3 Å². The van der Waals surface area contributed by atoms with E-state index < -0.39 is 0 Å². The number of para-hydroxylation sites is 2. The van der Waals surface area contributed by atoms with E-state index in [1.54, 1.807) is 38.5 Å². The molecule has 162 valence electrons. The Bertz CT molecular complexity index is 1190. The van der Waals surface area contributed by atoms with Crippen molar-refractivity contribution in [2.24, 2.45) is 0 Å². The van der Waals surface area contributed by atoms with Crippen molar-refractivity contribution in [3.8, 4) is 28.6 Å². The van der Waals surface area contributed by atoms with Crippen molar-refractivity contribution in [2.45, 2.75) is 5.16 Å². The van der Waals surface area contributed by atoms with Crippen molar-refractivity contribution in [1.29, 1.82) is 0 Å². The maximum absolute atomic E-state index is 12.5. The summed E-state index contributed by atoms with van der Waals surface area (Å²) in [6, 6.07) is 24.6. The highest BCUT2D eigenvalue weighted by atomic mass is 32.2. The second-order valence-corrected chi connectivity index (χ2v) is 7.69. The van der Waals surface area contributed by atoms with Gasteiger partial charge in [-0.1, -0.05) is 54.2 Å². The number of nitrogens with one attached hydrogen (secondary N) is 1. The van der Waals surface area contributed by atoms with E-state index in [-0.39, 0.29) is 11.7 Å². The first-order chi connectivity index (χ1) is 15.7. The van der Waals surface area contributed by atoms with E-state index in [9.17, 15) is 4.79 Å². The summed E-state index contributed by atoms with van der Waals surface area (Å²) in [7, 11) is 3.23. The molecule has 0 aliphatic heterocycles. The Balaban J connectivity index is 1.59. The summed E-state index contributed by atoms with van der Waals surface area (Å²) >= 11 is 1.31. The van der Waals surface area contributed by atoms with E-state index in [4.69, 9.17) is 9.47 Å². The van der Waals surface area contributed by atoms with Crippen LogP contribution in [0.2, 0.25) is 0 Å². The fourth-order valence-electron chi connectivity index (χ4n) is 3.17. The number of aromatic nitrogens is 3. The molecule has 8 heteroatoms. The normalized spacial score (nSPS) is 10.6. The highest BCUT2D eigenvalue weighted by Gasteiger charge is 2.19. The number of hydrogen-bond donors (Lipinski definition) is 1. The number of methoxy groups -OCH3 is 2. The lowest BCUT2D eigenvalue weighted by atomic mass is 10.2. The summed E-state index contributed by atoms with van der Waals surface area (Å²) in [4.78, 5) is 12.5. The first-order valence-corrected chi connectivity index (χ1v) is 10.9. The summed E-state index contributed by atoms with van der Waals surface area (Å²) in [5, 5.41) is 12.3. The first-order valence-electron chi connectivity index (χ1n) is 9.90. The predicted molar refractivity (Wildman–Crippen MR) is 126 cm³/mol. The highest BCUT2D eigenvalue weighted by Crippen LogP contribution is 2.32. The SMILES string of the molecule is COc1ccc(NC(=O)CSc2nnc(-c3ccccc3)n2-c2ccccc2OC)cc1. The van der Waals surface area contributed by atoms with Gasteiger partial charge in [0.15, 0.2) is 11.0 Å². The molecule has 4 rings (SSSR count). The smallest absolute Gasteiger partial charge is 0.234 e. The molecule has 0 atom stereocenters. The number of benzene rings is 3. The molecule has 32 heavy (non-hydrogen) atoms. The molecule has 0 unspecified atom stereocenters. The van der Waals surface area contributed by atoms with Gasteiger partial charge in [-0.05, 0) is 36.4 Å². The Kier molecular flexibility index (Phi) is 6.72. The van der Waals surface area contributed by atoms with Gasteiger partial charge in [0.2, 0.25) is 5.91 Å². The quantitative estimate of drug-likeness (QED) is 0.396. The summed E-state index contributed by atoms with van der Waals surface area (Å²) in [5.41, 5.74) is 2.42. The number of rotatable bonds is 8. The average molecular weight is 447 g/mol. The van der Waals surface area contributed by atoms with Crippen LogP contribution in [0.25, 0.3) is 17.1 Å². The lowest BCUT2D eigenvalue weighted by Crippen LogP contribution is -2.14. The minimum atomic E-state index is -0.143. The third-order valence-electron chi connectivity index (χ3n) is 4.70. The second kappa shape index (κ2) is 10.0. The lowest BCUT2D eigenvalue weighted by Gasteiger charge is -2.14. The Hall–Kier alpha value is -3.78. The largest absolute Gasteiger partial charge is 0.497 e. The van der Waals surface area contributed by atoms with Gasteiger partial charge in [0.25, 0.3) is 0 Å². The Morgan fingerprint density at radius 2 is 1.62 bits per heavy atom. The molecule has 1 heterocycles. The molecule has 4 aromatic rings. The fraction of sp³-hybridized carbons (Fsp3) is 0.125. The van der Waals surface area contributed by atoms with Gasteiger partial charge < -0.3 is 14.8 Å². The van der Waals surface area contributed by atoms with E-state index in [0.29, 0.717) is 22.4 Å². The van der Waals surface area contributed by atoms with Crippen LogP contribution < -0.4 is 14.8 Å². The summed E-state index contributed by atoms with van der Waals surface area (Å²) in [5.74, 6) is 2.13. The number of amides is 1. The standard InChI is InChI=1S/C24H22N4O3S/c1-30-19-14-12-18(13-15-19)25-22(29)16-32-24-27-26-23(17-8-4-3-5-9-17)28(24)20-10-6-7-11-21(20)31-2/h3-15H,16H2,1-2H3,(H,25,29). The summed E-state index contributed by atoms with van der Waals surface area (Å²) in [6.45, 7) is 0. The zero-order chi connectivity index (χ0) is 22.3. The van der Waals surface area contributed by atoms with Crippen LogP contribution in [-0.4, -0.2) is 40.6 Å². The topological polar surface area (TPSA) is 78.3 Å². The van der Waals surface area contributed by atoms with Crippen LogP contribution in [0.3, 0.4) is 0 Å². The van der Waals surface area contributed by atoms with Crippen molar-refractivity contribution in [3.05, 3.63) is 78.9 Å². The van der Waals surface area contributed by atoms with E-state index in [2.05, 4.69) is 15.5 Å². The van der Waals surface area contributed by atoms with Crippen LogP contribution in [0, 0.1) is 0 Å². The molecule has 0 aliphatic carbocycles.